The van der Waals surface area contributed by atoms with Gasteiger partial charge in [-0.05, 0) is 29.7 Å². The standard InChI is InChI=1S/C20H22N2O3/c1-15(23)21-18-9-7-16(8-10-18)13-22-12-11-20(14-22,19(24)25)17-5-3-2-4-6-17/h2-10H,11-14H2,1H3,(H,21,23)(H,24,25). The number of carbonyl (C=O) groups is 2. The Labute approximate surface area is 147 Å². The number of hydrogen-bond acceptors (Lipinski definition) is 3. The number of carboxylic acids is 1. The van der Waals surface area contributed by atoms with Crippen LogP contribution in [0.2, 0.25) is 0 Å². The Kier molecular flexibility index (Phi) is 4.86. The van der Waals surface area contributed by atoms with E-state index in [2.05, 4.69) is 10.2 Å². The van der Waals surface area contributed by atoms with Crippen molar-refractivity contribution in [3.8, 4) is 0 Å². The summed E-state index contributed by atoms with van der Waals surface area (Å²) < 4.78 is 0. The minimum Gasteiger partial charge on any atom is -0.481 e. The molecule has 0 bridgehead atoms. The molecule has 3 rings (SSSR count). The Morgan fingerprint density at radius 3 is 2.40 bits per heavy atom. The molecule has 1 fully saturated rings. The number of hydrogen-bond donors (Lipinski definition) is 2. The SMILES string of the molecule is CC(=O)Nc1ccc(CN2CCC(C(=O)O)(c3ccccc3)C2)cc1. The van der Waals surface area contributed by atoms with E-state index < -0.39 is 11.4 Å². The number of carbonyl (C=O) groups excluding carboxylic acids is 1. The zero-order chi connectivity index (χ0) is 17.9. The van der Waals surface area contributed by atoms with Gasteiger partial charge in [-0.2, -0.15) is 0 Å². The van der Waals surface area contributed by atoms with Crippen LogP contribution in [0.15, 0.2) is 54.6 Å². The molecule has 25 heavy (non-hydrogen) atoms. The molecule has 0 aromatic heterocycles. The third-order valence-electron chi connectivity index (χ3n) is 4.76. The molecule has 0 saturated carbocycles. The predicted octanol–water partition coefficient (Wildman–Crippen LogP) is 2.87. The van der Waals surface area contributed by atoms with Crippen LogP contribution >= 0.6 is 0 Å². The normalized spacial score (nSPS) is 20.4. The zero-order valence-corrected chi connectivity index (χ0v) is 14.2. The van der Waals surface area contributed by atoms with Crippen LogP contribution in [0, 0.1) is 0 Å². The van der Waals surface area contributed by atoms with Crippen molar-refractivity contribution in [1.82, 2.24) is 4.90 Å². The molecule has 1 saturated heterocycles. The molecular formula is C20H22N2O3. The van der Waals surface area contributed by atoms with E-state index in [1.165, 1.54) is 6.92 Å². The van der Waals surface area contributed by atoms with E-state index in [0.29, 0.717) is 19.5 Å². The molecular weight excluding hydrogens is 316 g/mol. The lowest BCUT2D eigenvalue weighted by molar-refractivity contribution is -0.143. The Hall–Kier alpha value is -2.66. The number of amides is 1. The topological polar surface area (TPSA) is 69.6 Å². The highest BCUT2D eigenvalue weighted by Gasteiger charge is 2.46. The second-order valence-corrected chi connectivity index (χ2v) is 6.59. The molecule has 1 amide bonds. The highest BCUT2D eigenvalue weighted by molar-refractivity contribution is 5.88. The Morgan fingerprint density at radius 1 is 1.12 bits per heavy atom. The molecule has 5 heteroatoms. The van der Waals surface area contributed by atoms with Gasteiger partial charge in [0.25, 0.3) is 0 Å². The van der Waals surface area contributed by atoms with Gasteiger partial charge in [0, 0.05) is 32.2 Å². The van der Waals surface area contributed by atoms with Crippen LogP contribution in [0.3, 0.4) is 0 Å². The van der Waals surface area contributed by atoms with Gasteiger partial charge < -0.3 is 10.4 Å². The van der Waals surface area contributed by atoms with Crippen molar-refractivity contribution in [2.75, 3.05) is 18.4 Å². The minimum absolute atomic E-state index is 0.0959. The first-order valence-electron chi connectivity index (χ1n) is 8.37. The number of anilines is 1. The molecule has 2 aromatic carbocycles. The molecule has 130 valence electrons. The molecule has 0 aliphatic carbocycles. The smallest absolute Gasteiger partial charge is 0.315 e. The first kappa shape index (κ1) is 17.2. The van der Waals surface area contributed by atoms with Crippen LogP contribution in [0.25, 0.3) is 0 Å². The summed E-state index contributed by atoms with van der Waals surface area (Å²) in [5, 5.41) is 12.6. The number of nitrogens with zero attached hydrogens (tertiary/aromatic N) is 1. The summed E-state index contributed by atoms with van der Waals surface area (Å²) in [5.41, 5.74) is 1.90. The minimum atomic E-state index is -0.836. The molecule has 2 aromatic rings. The van der Waals surface area contributed by atoms with E-state index in [1.807, 2.05) is 54.6 Å². The van der Waals surface area contributed by atoms with E-state index in [0.717, 1.165) is 23.4 Å². The fourth-order valence-corrected chi connectivity index (χ4v) is 3.47. The number of likely N-dealkylation sites (tertiary alicyclic amines) is 1. The highest BCUT2D eigenvalue weighted by Crippen LogP contribution is 2.35. The maximum Gasteiger partial charge on any atom is 0.315 e. The van der Waals surface area contributed by atoms with Gasteiger partial charge in [0.05, 0.1) is 0 Å². The lowest BCUT2D eigenvalue weighted by Crippen LogP contribution is -2.38. The van der Waals surface area contributed by atoms with Crippen LogP contribution < -0.4 is 5.32 Å². The van der Waals surface area contributed by atoms with Gasteiger partial charge in [-0.15, -0.1) is 0 Å². The Bertz CT molecular complexity index is 758. The van der Waals surface area contributed by atoms with Crippen molar-refractivity contribution in [1.29, 1.82) is 0 Å². The lowest BCUT2D eigenvalue weighted by Gasteiger charge is -2.25. The predicted molar refractivity (Wildman–Crippen MR) is 96.4 cm³/mol. The largest absolute Gasteiger partial charge is 0.481 e. The maximum atomic E-state index is 12.0. The Morgan fingerprint density at radius 2 is 1.80 bits per heavy atom. The van der Waals surface area contributed by atoms with Crippen molar-refractivity contribution >= 4 is 17.6 Å². The number of rotatable bonds is 5. The third-order valence-corrected chi connectivity index (χ3v) is 4.76. The van der Waals surface area contributed by atoms with Crippen LogP contribution in [-0.4, -0.2) is 35.0 Å². The summed E-state index contributed by atoms with van der Waals surface area (Å²) in [6, 6.07) is 17.2. The van der Waals surface area contributed by atoms with Crippen molar-refractivity contribution in [3.05, 3.63) is 65.7 Å². The average Bonchev–Trinajstić information content (AvgIpc) is 3.02. The van der Waals surface area contributed by atoms with Crippen LogP contribution in [-0.2, 0) is 21.5 Å². The first-order chi connectivity index (χ1) is 12.0. The van der Waals surface area contributed by atoms with Gasteiger partial charge in [0.2, 0.25) is 5.91 Å². The van der Waals surface area contributed by atoms with Crippen molar-refractivity contribution in [2.24, 2.45) is 0 Å². The van der Waals surface area contributed by atoms with Crippen LogP contribution in [0.1, 0.15) is 24.5 Å². The highest BCUT2D eigenvalue weighted by atomic mass is 16.4. The van der Waals surface area contributed by atoms with Crippen molar-refractivity contribution in [2.45, 2.75) is 25.3 Å². The van der Waals surface area contributed by atoms with Gasteiger partial charge in [0.1, 0.15) is 5.41 Å². The zero-order valence-electron chi connectivity index (χ0n) is 14.2. The summed E-state index contributed by atoms with van der Waals surface area (Å²) in [6.45, 7) is 3.42. The molecule has 1 aliphatic heterocycles. The van der Waals surface area contributed by atoms with Gasteiger partial charge >= 0.3 is 5.97 Å². The quantitative estimate of drug-likeness (QED) is 0.879. The first-order valence-corrected chi connectivity index (χ1v) is 8.37. The third kappa shape index (κ3) is 3.72. The average molecular weight is 338 g/mol. The van der Waals surface area contributed by atoms with Gasteiger partial charge in [-0.1, -0.05) is 42.5 Å². The van der Waals surface area contributed by atoms with Gasteiger partial charge in [-0.3, -0.25) is 14.5 Å². The molecule has 1 heterocycles. The number of nitrogens with one attached hydrogen (secondary N) is 1. The summed E-state index contributed by atoms with van der Waals surface area (Å²) in [6.07, 6.45) is 0.607. The Balaban J connectivity index is 1.71. The summed E-state index contributed by atoms with van der Waals surface area (Å²) in [5.74, 6) is -0.858. The fraction of sp³-hybridized carbons (Fsp3) is 0.300. The molecule has 2 N–H and O–H groups in total. The lowest BCUT2D eigenvalue weighted by atomic mass is 9.80. The fourth-order valence-electron chi connectivity index (χ4n) is 3.47. The molecule has 0 spiro atoms. The van der Waals surface area contributed by atoms with Gasteiger partial charge in [-0.25, -0.2) is 0 Å². The van der Waals surface area contributed by atoms with E-state index in [9.17, 15) is 14.7 Å². The molecule has 1 unspecified atom stereocenters. The van der Waals surface area contributed by atoms with Crippen molar-refractivity contribution in [3.63, 3.8) is 0 Å². The summed E-state index contributed by atoms with van der Waals surface area (Å²) in [4.78, 5) is 25.2. The molecule has 1 aliphatic rings. The number of benzene rings is 2. The van der Waals surface area contributed by atoms with Crippen LogP contribution in [0.5, 0.6) is 0 Å². The monoisotopic (exact) mass is 338 g/mol. The second-order valence-electron chi connectivity index (χ2n) is 6.59. The maximum absolute atomic E-state index is 12.0. The number of aliphatic carboxylic acids is 1. The van der Waals surface area contributed by atoms with Crippen LogP contribution in [0.4, 0.5) is 5.69 Å². The molecule has 1 atom stereocenters. The van der Waals surface area contributed by atoms with E-state index >= 15 is 0 Å². The number of carboxylic acid groups (broad SMARTS) is 1. The molecule has 0 radical (unpaired) electrons. The molecule has 5 nitrogen and oxygen atoms in total. The van der Waals surface area contributed by atoms with E-state index in [4.69, 9.17) is 0 Å². The van der Waals surface area contributed by atoms with Gasteiger partial charge in [0.15, 0.2) is 0 Å². The van der Waals surface area contributed by atoms with Crippen molar-refractivity contribution < 1.29 is 14.7 Å². The second kappa shape index (κ2) is 7.07. The van der Waals surface area contributed by atoms with E-state index in [-0.39, 0.29) is 5.91 Å². The van der Waals surface area contributed by atoms with E-state index in [1.54, 1.807) is 0 Å². The summed E-state index contributed by atoms with van der Waals surface area (Å²) in [7, 11) is 0. The summed E-state index contributed by atoms with van der Waals surface area (Å²) >= 11 is 0.